The highest BCUT2D eigenvalue weighted by atomic mass is 19.4. The van der Waals surface area contributed by atoms with Crippen molar-refractivity contribution < 1.29 is 98.9 Å². The van der Waals surface area contributed by atoms with Gasteiger partial charge in [0.1, 0.15) is 37.1 Å². The highest BCUT2D eigenvalue weighted by Gasteiger charge is 2.59. The molecule has 19 nitrogen and oxygen atoms in total. The van der Waals surface area contributed by atoms with Gasteiger partial charge in [0.15, 0.2) is 24.1 Å². The number of hydrogen-bond donors (Lipinski definition) is 0. The smallest absolute Gasteiger partial charge is 0.462 e. The molecule has 2 saturated heterocycles. The van der Waals surface area contributed by atoms with Crippen LogP contribution in [0.15, 0.2) is 126 Å². The summed E-state index contributed by atoms with van der Waals surface area (Å²) in [7, 11) is 0. The van der Waals surface area contributed by atoms with Gasteiger partial charge >= 0.3 is 48.1 Å². The fourth-order valence-corrected chi connectivity index (χ4v) is 8.18. The lowest BCUT2D eigenvalue weighted by molar-refractivity contribution is -0.371. The number of alkyl halides is 3. The Morgan fingerprint density at radius 3 is 1.63 bits per heavy atom. The van der Waals surface area contributed by atoms with Crippen LogP contribution in [0.5, 0.6) is 0 Å². The van der Waals surface area contributed by atoms with Crippen LogP contribution in [0.1, 0.15) is 85.5 Å². The van der Waals surface area contributed by atoms with Gasteiger partial charge in [0.2, 0.25) is 6.29 Å². The zero-order valence-electron chi connectivity index (χ0n) is 41.4. The van der Waals surface area contributed by atoms with E-state index in [0.29, 0.717) is 0 Å². The molecule has 0 radical (unpaired) electrons. The zero-order chi connectivity index (χ0) is 54.9. The van der Waals surface area contributed by atoms with Crippen molar-refractivity contribution >= 4 is 53.6 Å². The number of carbonyl (C=O) groups is 6. The summed E-state index contributed by atoms with van der Waals surface area (Å²) in [5.74, 6) is -10.3. The SMILES string of the molecule is CC[C@@H](OC(C)=O)[C@@H](OC(C)=O)C1O[C@](C)(O[C@@H]2C(OC(=O)c3ccccc3)C(OC(=Nc3ccccc3)C(F)(F)F)OC(COC(=O)c3ccccc3)[C@@H]2OC(=O)c2ccccc2)C[C@@H](OC(C)=O)C1C.O=C=O. The van der Waals surface area contributed by atoms with Crippen molar-refractivity contribution in [3.8, 4) is 0 Å². The van der Waals surface area contributed by atoms with E-state index in [2.05, 4.69) is 4.99 Å². The number of halogens is 3. The molecule has 0 bridgehead atoms. The minimum Gasteiger partial charge on any atom is -0.462 e. The predicted molar refractivity (Wildman–Crippen MR) is 251 cm³/mol. The van der Waals surface area contributed by atoms with Crippen molar-refractivity contribution in [1.29, 1.82) is 0 Å². The molecule has 75 heavy (non-hydrogen) atoms. The Hall–Kier alpha value is -7.78. The van der Waals surface area contributed by atoms with E-state index in [9.17, 15) is 28.8 Å². The van der Waals surface area contributed by atoms with Gasteiger partial charge < -0.3 is 47.4 Å². The van der Waals surface area contributed by atoms with E-state index in [1.54, 1.807) is 50.2 Å². The first-order valence-corrected chi connectivity index (χ1v) is 23.3. The van der Waals surface area contributed by atoms with Crippen LogP contribution in [0.3, 0.4) is 0 Å². The fourth-order valence-electron chi connectivity index (χ4n) is 8.18. The number of aliphatic imine (C=N–C) groups is 1. The maximum absolute atomic E-state index is 15.2. The van der Waals surface area contributed by atoms with Crippen LogP contribution in [-0.2, 0) is 71.3 Å². The van der Waals surface area contributed by atoms with Gasteiger partial charge in [0.05, 0.1) is 22.4 Å². The van der Waals surface area contributed by atoms with Crippen molar-refractivity contribution in [2.24, 2.45) is 10.9 Å². The van der Waals surface area contributed by atoms with Crippen LogP contribution in [0.4, 0.5) is 18.9 Å². The van der Waals surface area contributed by atoms with Gasteiger partial charge in [0, 0.05) is 33.1 Å². The third-order valence-electron chi connectivity index (χ3n) is 11.4. The molecule has 0 aromatic heterocycles. The minimum atomic E-state index is -5.34. The van der Waals surface area contributed by atoms with E-state index >= 15 is 13.2 Å². The summed E-state index contributed by atoms with van der Waals surface area (Å²) < 4.78 is 106. The van der Waals surface area contributed by atoms with Gasteiger partial charge in [-0.3, -0.25) is 14.4 Å². The Morgan fingerprint density at radius 2 is 1.16 bits per heavy atom. The topological polar surface area (TPSA) is 241 Å². The molecule has 2 heterocycles. The molecule has 2 aliphatic heterocycles. The quantitative estimate of drug-likeness (QED) is 0.0431. The third kappa shape index (κ3) is 16.6. The lowest BCUT2D eigenvalue weighted by atomic mass is 9.84. The van der Waals surface area contributed by atoms with E-state index in [0.717, 1.165) is 20.8 Å². The second kappa shape index (κ2) is 27.0. The second-order valence-electron chi connectivity index (χ2n) is 17.1. The Labute approximate surface area is 428 Å². The third-order valence-corrected chi connectivity index (χ3v) is 11.4. The summed E-state index contributed by atoms with van der Waals surface area (Å²) >= 11 is 0. The number of para-hydroxylation sites is 1. The average molecular weight is 1050 g/mol. The molecule has 4 aromatic rings. The summed E-state index contributed by atoms with van der Waals surface area (Å²) in [4.78, 5) is 99.8. The van der Waals surface area contributed by atoms with Crippen molar-refractivity contribution in [2.45, 2.75) is 121 Å². The average Bonchev–Trinajstić information content (AvgIpc) is 3.37. The lowest BCUT2D eigenvalue weighted by Crippen LogP contribution is -2.66. The number of benzene rings is 4. The van der Waals surface area contributed by atoms with Crippen molar-refractivity contribution in [3.63, 3.8) is 0 Å². The molecule has 2 fully saturated rings. The monoisotopic (exact) mass is 1050 g/mol. The Morgan fingerprint density at radius 1 is 0.680 bits per heavy atom. The van der Waals surface area contributed by atoms with E-state index in [-0.39, 0.29) is 41.4 Å². The van der Waals surface area contributed by atoms with Gasteiger partial charge in [-0.1, -0.05) is 86.6 Å². The number of carbonyl (C=O) groups excluding carboxylic acids is 8. The molecule has 22 heteroatoms. The minimum absolute atomic E-state index is 0.0222. The molecule has 0 aliphatic carbocycles. The van der Waals surface area contributed by atoms with Gasteiger partial charge in [-0.15, -0.1) is 0 Å². The van der Waals surface area contributed by atoms with Crippen LogP contribution in [0.2, 0.25) is 0 Å². The van der Waals surface area contributed by atoms with Crippen molar-refractivity contribution in [3.05, 3.63) is 138 Å². The van der Waals surface area contributed by atoms with E-state index < -0.39 is 121 Å². The van der Waals surface area contributed by atoms with Gasteiger partial charge in [-0.25, -0.2) is 19.4 Å². The zero-order valence-corrected chi connectivity index (χ0v) is 41.4. The number of hydrogen-bond acceptors (Lipinski definition) is 19. The summed E-state index contributed by atoms with van der Waals surface area (Å²) in [5.41, 5.74) is -0.247. The second-order valence-corrected chi connectivity index (χ2v) is 17.1. The summed E-state index contributed by atoms with van der Waals surface area (Å²) in [5, 5.41) is 0. The molecule has 0 spiro atoms. The van der Waals surface area contributed by atoms with E-state index in [4.69, 9.17) is 57.0 Å². The van der Waals surface area contributed by atoms with E-state index in [1.165, 1.54) is 91.9 Å². The molecule has 5 unspecified atom stereocenters. The van der Waals surface area contributed by atoms with Crippen molar-refractivity contribution in [2.75, 3.05) is 6.61 Å². The summed E-state index contributed by atoms with van der Waals surface area (Å²) in [6.45, 7) is 7.16. The first kappa shape index (κ1) is 58.1. The highest BCUT2D eigenvalue weighted by molar-refractivity contribution is 5.91. The first-order valence-electron chi connectivity index (χ1n) is 23.3. The Kier molecular flexibility index (Phi) is 20.9. The molecule has 400 valence electrons. The van der Waals surface area contributed by atoms with Crippen LogP contribution in [0.25, 0.3) is 0 Å². The largest absolute Gasteiger partial charge is 0.468 e. The molecular formula is C53H54F3NO18. The molecule has 4 aromatic carbocycles. The van der Waals surface area contributed by atoms with Gasteiger partial charge in [-0.05, 0) is 61.9 Å². The first-order chi connectivity index (χ1) is 35.7. The summed E-state index contributed by atoms with van der Waals surface area (Å²) in [6, 6.07) is 29.4. The maximum atomic E-state index is 15.2. The molecule has 11 atom stereocenters. The van der Waals surface area contributed by atoms with Crippen LogP contribution >= 0.6 is 0 Å². The number of esters is 6. The van der Waals surface area contributed by atoms with Crippen LogP contribution in [0, 0.1) is 5.92 Å². The molecule has 0 saturated carbocycles. The molecule has 6 rings (SSSR count). The molecule has 0 N–H and O–H groups in total. The number of ether oxygens (including phenoxy) is 10. The van der Waals surface area contributed by atoms with Gasteiger partial charge in [-0.2, -0.15) is 22.8 Å². The highest BCUT2D eigenvalue weighted by Crippen LogP contribution is 2.43. The van der Waals surface area contributed by atoms with Gasteiger partial charge in [0.25, 0.3) is 5.90 Å². The lowest BCUT2D eigenvalue weighted by Gasteiger charge is -2.51. The maximum Gasteiger partial charge on any atom is 0.468 e. The summed E-state index contributed by atoms with van der Waals surface area (Å²) in [6.07, 6.45) is -20.7. The van der Waals surface area contributed by atoms with Crippen LogP contribution in [-0.4, -0.2) is 122 Å². The Balaban J connectivity index is 0.00000338. The van der Waals surface area contributed by atoms with Crippen molar-refractivity contribution in [1.82, 2.24) is 0 Å². The molecule has 2 aliphatic rings. The number of rotatable bonds is 17. The fraction of sp³-hybridized carbons (Fsp3) is 0.396. The molecule has 0 amide bonds. The standard InChI is InChI=1S/C52H54F3NO16.CO2/c1-7-38(64-31(3)57)42(66-33(5)59)41-30(2)39(65-32(4)58)28-51(6,71-41)72-44-43(68-47(61)35-22-14-9-15-23-35)40(29-63-46(60)34-20-12-8-13-21-34)67-49(45(44)69-48(62)36-24-16-10-17-25-36)70-50(52(53,54)55)56-37-26-18-11-19-27-37;2-1-3/h8-27,30,38-45,49H,7,28-29H2,1-6H3;/t30?,38-,39-,40?,41?,42-,43+,44+,45?,49?,51-;/m1./s1. The van der Waals surface area contributed by atoms with E-state index in [1.807, 2.05) is 0 Å². The Bertz CT molecular complexity index is 2620. The predicted octanol–water partition coefficient (Wildman–Crippen LogP) is 7.48. The molecular weight excluding hydrogens is 996 g/mol. The van der Waals surface area contributed by atoms with Crippen LogP contribution < -0.4 is 0 Å². The normalized spacial score (nSPS) is 24.2. The number of nitrogens with zero attached hydrogens (tertiary/aromatic N) is 1.